The number of fused-ring (bicyclic) bond motifs is 1. The maximum Gasteiger partial charge on any atom is 0.179 e. The van der Waals surface area contributed by atoms with Gasteiger partial charge in [0.1, 0.15) is 13.2 Å². The number of thiophene rings is 1. The SMILES string of the molecule is Clc1cc(CNCCc2ccsc2)cc2c1OCCO2. The molecule has 3 rings (SSSR count). The van der Waals surface area contributed by atoms with Crippen molar-refractivity contribution in [1.82, 2.24) is 5.32 Å². The molecule has 0 unspecified atom stereocenters. The van der Waals surface area contributed by atoms with Crippen molar-refractivity contribution < 1.29 is 9.47 Å². The summed E-state index contributed by atoms with van der Waals surface area (Å²) in [6.07, 6.45) is 1.04. The minimum absolute atomic E-state index is 0.560. The first-order valence-electron chi connectivity index (χ1n) is 6.63. The molecule has 106 valence electrons. The summed E-state index contributed by atoms with van der Waals surface area (Å²) >= 11 is 7.95. The second kappa shape index (κ2) is 6.48. The Balaban J connectivity index is 1.56. The van der Waals surface area contributed by atoms with E-state index >= 15 is 0 Å². The Hall–Kier alpha value is -1.23. The number of nitrogens with one attached hydrogen (secondary N) is 1. The zero-order valence-corrected chi connectivity index (χ0v) is 12.6. The van der Waals surface area contributed by atoms with Gasteiger partial charge in [0.15, 0.2) is 11.5 Å². The lowest BCUT2D eigenvalue weighted by molar-refractivity contribution is 0.171. The minimum atomic E-state index is 0.560. The van der Waals surface area contributed by atoms with E-state index in [1.165, 1.54) is 5.56 Å². The van der Waals surface area contributed by atoms with Crippen LogP contribution in [0.5, 0.6) is 11.5 Å². The highest BCUT2D eigenvalue weighted by Crippen LogP contribution is 2.38. The van der Waals surface area contributed by atoms with Gasteiger partial charge in [0, 0.05) is 6.54 Å². The lowest BCUT2D eigenvalue weighted by Crippen LogP contribution is -2.18. The molecule has 3 nitrogen and oxygen atoms in total. The third-order valence-corrected chi connectivity index (χ3v) is 4.17. The van der Waals surface area contributed by atoms with E-state index in [0.29, 0.717) is 24.0 Å². The Bertz CT molecular complexity index is 572. The fourth-order valence-electron chi connectivity index (χ4n) is 2.17. The van der Waals surface area contributed by atoms with E-state index in [0.717, 1.165) is 30.8 Å². The van der Waals surface area contributed by atoms with E-state index < -0.39 is 0 Å². The number of rotatable bonds is 5. The molecule has 0 saturated carbocycles. The molecule has 0 radical (unpaired) electrons. The molecule has 1 aromatic carbocycles. The van der Waals surface area contributed by atoms with Crippen molar-refractivity contribution in [3.63, 3.8) is 0 Å². The zero-order chi connectivity index (χ0) is 13.8. The molecular weight excluding hydrogens is 294 g/mol. The third-order valence-electron chi connectivity index (χ3n) is 3.16. The standard InChI is InChI=1S/C15H16ClNO2S/c16-13-7-12(8-14-15(13)19-5-4-18-14)9-17-3-1-11-2-6-20-10-11/h2,6-8,10,17H,1,3-5,9H2. The van der Waals surface area contributed by atoms with Gasteiger partial charge in [-0.1, -0.05) is 11.6 Å². The van der Waals surface area contributed by atoms with E-state index in [9.17, 15) is 0 Å². The summed E-state index contributed by atoms with van der Waals surface area (Å²) < 4.78 is 11.1. The van der Waals surface area contributed by atoms with Crippen molar-refractivity contribution in [2.24, 2.45) is 0 Å². The summed E-state index contributed by atoms with van der Waals surface area (Å²) in [5.41, 5.74) is 2.49. The molecule has 2 heterocycles. The fraction of sp³-hybridized carbons (Fsp3) is 0.333. The molecule has 5 heteroatoms. The van der Waals surface area contributed by atoms with E-state index in [-0.39, 0.29) is 0 Å². The molecule has 0 bridgehead atoms. The second-order valence-electron chi connectivity index (χ2n) is 4.66. The van der Waals surface area contributed by atoms with Gasteiger partial charge in [-0.05, 0) is 53.1 Å². The van der Waals surface area contributed by atoms with Crippen LogP contribution in [0.3, 0.4) is 0 Å². The number of benzene rings is 1. The Morgan fingerprint density at radius 1 is 1.20 bits per heavy atom. The van der Waals surface area contributed by atoms with E-state index in [1.54, 1.807) is 11.3 Å². The summed E-state index contributed by atoms with van der Waals surface area (Å²) in [6, 6.07) is 6.10. The molecule has 1 aromatic heterocycles. The van der Waals surface area contributed by atoms with Crippen LogP contribution < -0.4 is 14.8 Å². The van der Waals surface area contributed by atoms with Crippen LogP contribution in [0.4, 0.5) is 0 Å². The average Bonchev–Trinajstić information content (AvgIpc) is 2.97. The van der Waals surface area contributed by atoms with Gasteiger partial charge >= 0.3 is 0 Å². The fourth-order valence-corrected chi connectivity index (χ4v) is 3.16. The molecule has 0 fully saturated rings. The van der Waals surface area contributed by atoms with Gasteiger partial charge in [-0.2, -0.15) is 11.3 Å². The quantitative estimate of drug-likeness (QED) is 0.857. The first kappa shape index (κ1) is 13.7. The van der Waals surface area contributed by atoms with E-state index in [2.05, 4.69) is 22.1 Å². The van der Waals surface area contributed by atoms with Crippen LogP contribution >= 0.6 is 22.9 Å². The Kier molecular flexibility index (Phi) is 4.45. The molecule has 0 aliphatic carbocycles. The molecule has 0 atom stereocenters. The Morgan fingerprint density at radius 2 is 2.10 bits per heavy atom. The largest absolute Gasteiger partial charge is 0.486 e. The lowest BCUT2D eigenvalue weighted by atomic mass is 10.2. The van der Waals surface area contributed by atoms with Crippen molar-refractivity contribution in [2.45, 2.75) is 13.0 Å². The molecular formula is C15H16ClNO2S. The first-order valence-corrected chi connectivity index (χ1v) is 7.95. The molecule has 0 saturated heterocycles. The minimum Gasteiger partial charge on any atom is -0.486 e. The smallest absolute Gasteiger partial charge is 0.179 e. The second-order valence-corrected chi connectivity index (χ2v) is 5.85. The van der Waals surface area contributed by atoms with Gasteiger partial charge in [-0.3, -0.25) is 0 Å². The number of ether oxygens (including phenoxy) is 2. The summed E-state index contributed by atoms with van der Waals surface area (Å²) in [6.45, 7) is 2.87. The molecule has 2 aromatic rings. The maximum absolute atomic E-state index is 6.21. The van der Waals surface area contributed by atoms with Gasteiger partial charge in [0.05, 0.1) is 5.02 Å². The van der Waals surface area contributed by atoms with Crippen molar-refractivity contribution in [1.29, 1.82) is 0 Å². The van der Waals surface area contributed by atoms with Gasteiger partial charge in [-0.15, -0.1) is 0 Å². The van der Waals surface area contributed by atoms with E-state index in [4.69, 9.17) is 21.1 Å². The predicted molar refractivity (Wildman–Crippen MR) is 82.2 cm³/mol. The van der Waals surface area contributed by atoms with Crippen LogP contribution in [0.2, 0.25) is 5.02 Å². The summed E-state index contributed by atoms with van der Waals surface area (Å²) in [7, 11) is 0. The van der Waals surface area contributed by atoms with Crippen molar-refractivity contribution in [3.05, 3.63) is 45.1 Å². The number of halogens is 1. The highest BCUT2D eigenvalue weighted by molar-refractivity contribution is 7.07. The van der Waals surface area contributed by atoms with E-state index in [1.807, 2.05) is 12.1 Å². The Labute approximate surface area is 127 Å². The molecule has 1 aliphatic rings. The summed E-state index contributed by atoms with van der Waals surface area (Å²) in [5.74, 6) is 1.42. The summed E-state index contributed by atoms with van der Waals surface area (Å²) in [4.78, 5) is 0. The predicted octanol–water partition coefficient (Wildman–Crippen LogP) is 3.51. The monoisotopic (exact) mass is 309 g/mol. The lowest BCUT2D eigenvalue weighted by Gasteiger charge is -2.20. The molecule has 20 heavy (non-hydrogen) atoms. The average molecular weight is 310 g/mol. The molecule has 0 spiro atoms. The maximum atomic E-state index is 6.21. The van der Waals surface area contributed by atoms with Crippen LogP contribution in [-0.4, -0.2) is 19.8 Å². The topological polar surface area (TPSA) is 30.5 Å². The first-order chi connectivity index (χ1) is 9.83. The molecule has 1 aliphatic heterocycles. The van der Waals surface area contributed by atoms with Gasteiger partial charge in [-0.25, -0.2) is 0 Å². The van der Waals surface area contributed by atoms with Crippen LogP contribution in [0.15, 0.2) is 29.0 Å². The van der Waals surface area contributed by atoms with Crippen molar-refractivity contribution in [3.8, 4) is 11.5 Å². The summed E-state index contributed by atoms with van der Waals surface area (Å²) in [5, 5.41) is 8.34. The van der Waals surface area contributed by atoms with Gasteiger partial charge in [0.2, 0.25) is 0 Å². The third kappa shape index (κ3) is 3.26. The number of hydrogen-bond acceptors (Lipinski definition) is 4. The van der Waals surface area contributed by atoms with Gasteiger partial charge < -0.3 is 14.8 Å². The highest BCUT2D eigenvalue weighted by atomic mass is 35.5. The normalized spacial score (nSPS) is 13.4. The highest BCUT2D eigenvalue weighted by Gasteiger charge is 2.16. The van der Waals surface area contributed by atoms with Gasteiger partial charge in [0.25, 0.3) is 0 Å². The molecule has 0 amide bonds. The van der Waals surface area contributed by atoms with Crippen molar-refractivity contribution in [2.75, 3.05) is 19.8 Å². The number of hydrogen-bond donors (Lipinski definition) is 1. The van der Waals surface area contributed by atoms with Crippen LogP contribution in [0.1, 0.15) is 11.1 Å². The van der Waals surface area contributed by atoms with Crippen LogP contribution in [0.25, 0.3) is 0 Å². The van der Waals surface area contributed by atoms with Crippen molar-refractivity contribution >= 4 is 22.9 Å². The Morgan fingerprint density at radius 3 is 2.95 bits per heavy atom. The van der Waals surface area contributed by atoms with Crippen LogP contribution in [0, 0.1) is 0 Å². The zero-order valence-electron chi connectivity index (χ0n) is 11.0. The van der Waals surface area contributed by atoms with Crippen LogP contribution in [-0.2, 0) is 13.0 Å². The molecule has 1 N–H and O–H groups in total.